The summed E-state index contributed by atoms with van der Waals surface area (Å²) < 4.78 is 5.44. The molecule has 0 radical (unpaired) electrons. The van der Waals surface area contributed by atoms with E-state index in [-0.39, 0.29) is 0 Å². The quantitative estimate of drug-likeness (QED) is 0.467. The van der Waals surface area contributed by atoms with Crippen LogP contribution < -0.4 is 0 Å². The van der Waals surface area contributed by atoms with Crippen LogP contribution in [0.15, 0.2) is 0 Å². The summed E-state index contributed by atoms with van der Waals surface area (Å²) in [6.45, 7) is 7.00. The molecule has 0 heterocycles. The Morgan fingerprint density at radius 3 is 2.40 bits per heavy atom. The zero-order chi connectivity index (χ0) is 8.04. The molecule has 0 aromatic carbocycles. The van der Waals surface area contributed by atoms with E-state index in [4.69, 9.17) is 15.5 Å². The minimum Gasteiger partial charge on any atom is -0.403 e. The van der Waals surface area contributed by atoms with E-state index in [1.807, 2.05) is 6.92 Å². The average Bonchev–Trinajstić information content (AvgIpc) is 1.84. The number of hydrogen-bond donors (Lipinski definition) is 0. The largest absolute Gasteiger partial charge is 0.403 e. The number of hydrogen-bond acceptors (Lipinski definition) is 1. The number of rotatable bonds is 5. The van der Waals surface area contributed by atoms with Crippen LogP contribution in [0, 0.1) is 0 Å². The van der Waals surface area contributed by atoms with Crippen molar-refractivity contribution >= 4 is 18.7 Å². The lowest BCUT2D eigenvalue weighted by molar-refractivity contribution is 0.338. The topological polar surface area (TPSA) is 9.23 Å². The van der Waals surface area contributed by atoms with Crippen LogP contribution in [-0.4, -0.2) is 14.2 Å². The summed E-state index contributed by atoms with van der Waals surface area (Å²) in [5.41, 5.74) is 0. The normalized spacial score (nSPS) is 16.8. The van der Waals surface area contributed by atoms with Gasteiger partial charge >= 0.3 is 0 Å². The van der Waals surface area contributed by atoms with Gasteiger partial charge < -0.3 is 4.43 Å². The molecule has 0 saturated heterocycles. The molecule has 1 unspecified atom stereocenters. The van der Waals surface area contributed by atoms with E-state index in [1.54, 1.807) is 0 Å². The molecule has 0 saturated carbocycles. The van der Waals surface area contributed by atoms with Crippen LogP contribution in [0.25, 0.3) is 0 Å². The molecular formula is C7H17ClOSi. The van der Waals surface area contributed by atoms with Gasteiger partial charge in [-0.15, -0.1) is 11.1 Å². The molecule has 0 spiro atoms. The van der Waals surface area contributed by atoms with Gasteiger partial charge in [-0.1, -0.05) is 19.8 Å². The van der Waals surface area contributed by atoms with Crippen LogP contribution in [-0.2, 0) is 4.43 Å². The van der Waals surface area contributed by atoms with Crippen molar-refractivity contribution in [3.8, 4) is 0 Å². The molecule has 0 aliphatic carbocycles. The summed E-state index contributed by atoms with van der Waals surface area (Å²) in [5.74, 6) is 0. The van der Waals surface area contributed by atoms with E-state index in [2.05, 4.69) is 13.5 Å². The van der Waals surface area contributed by atoms with Gasteiger partial charge in [-0.3, -0.25) is 0 Å². The fraction of sp³-hybridized carbons (Fsp3) is 1.00. The zero-order valence-corrected chi connectivity index (χ0v) is 8.87. The standard InChI is InChI=1S/C7H17ClOSi/c1-4-6-7-10(3,8)9-5-2/h4-7H2,1-3H3. The van der Waals surface area contributed by atoms with Gasteiger partial charge in [0.1, 0.15) is 0 Å². The lowest BCUT2D eigenvalue weighted by Gasteiger charge is -2.17. The predicted octanol–water partition coefficient (Wildman–Crippen LogP) is 3.13. The summed E-state index contributed by atoms with van der Waals surface area (Å²) in [6, 6.07) is 1.08. The first kappa shape index (κ1) is 10.5. The highest BCUT2D eigenvalue weighted by molar-refractivity contribution is 7.16. The second kappa shape index (κ2) is 5.16. The van der Waals surface area contributed by atoms with Crippen molar-refractivity contribution in [2.45, 2.75) is 39.3 Å². The first-order chi connectivity index (χ1) is 4.62. The van der Waals surface area contributed by atoms with Crippen LogP contribution in [0.3, 0.4) is 0 Å². The van der Waals surface area contributed by atoms with Crippen molar-refractivity contribution in [3.63, 3.8) is 0 Å². The molecule has 0 fully saturated rings. The minimum atomic E-state index is -1.75. The molecule has 0 rings (SSSR count). The fourth-order valence-corrected chi connectivity index (χ4v) is 3.33. The smallest absolute Gasteiger partial charge is 0.286 e. The summed E-state index contributed by atoms with van der Waals surface area (Å²) in [6.07, 6.45) is 2.41. The maximum Gasteiger partial charge on any atom is 0.286 e. The Morgan fingerprint density at radius 1 is 1.40 bits per heavy atom. The molecular weight excluding hydrogens is 164 g/mol. The van der Waals surface area contributed by atoms with Crippen molar-refractivity contribution in [2.75, 3.05) is 6.61 Å². The van der Waals surface area contributed by atoms with Gasteiger partial charge in [-0.25, -0.2) is 0 Å². The molecule has 1 nitrogen and oxygen atoms in total. The third-order valence-corrected chi connectivity index (χ3v) is 4.45. The maximum atomic E-state index is 6.13. The van der Waals surface area contributed by atoms with Crippen LogP contribution in [0.2, 0.25) is 12.6 Å². The average molecular weight is 181 g/mol. The molecule has 0 aromatic rings. The highest BCUT2D eigenvalue weighted by Gasteiger charge is 2.24. The minimum absolute atomic E-state index is 0.760. The van der Waals surface area contributed by atoms with E-state index in [9.17, 15) is 0 Å². The molecule has 0 N–H and O–H groups in total. The van der Waals surface area contributed by atoms with Gasteiger partial charge in [-0.2, -0.15) is 0 Å². The molecule has 10 heavy (non-hydrogen) atoms. The Hall–Kier alpha value is 0.467. The highest BCUT2D eigenvalue weighted by atomic mass is 35.6. The second-order valence-corrected chi connectivity index (χ2v) is 8.03. The molecule has 1 atom stereocenters. The monoisotopic (exact) mass is 180 g/mol. The lowest BCUT2D eigenvalue weighted by atomic mass is 10.4. The molecule has 0 aliphatic rings. The molecule has 62 valence electrons. The van der Waals surface area contributed by atoms with Crippen LogP contribution in [0.4, 0.5) is 0 Å². The maximum absolute atomic E-state index is 6.13. The molecule has 0 aromatic heterocycles. The molecule has 0 aliphatic heterocycles. The first-order valence-electron chi connectivity index (χ1n) is 3.95. The van der Waals surface area contributed by atoms with Gasteiger partial charge in [0.15, 0.2) is 0 Å². The van der Waals surface area contributed by atoms with Crippen molar-refractivity contribution < 1.29 is 4.43 Å². The van der Waals surface area contributed by atoms with Crippen molar-refractivity contribution in [3.05, 3.63) is 0 Å². The van der Waals surface area contributed by atoms with Crippen LogP contribution in [0.1, 0.15) is 26.7 Å². The molecule has 0 amide bonds. The van der Waals surface area contributed by atoms with E-state index in [0.717, 1.165) is 12.7 Å². The zero-order valence-electron chi connectivity index (χ0n) is 7.11. The predicted molar refractivity (Wildman–Crippen MR) is 48.8 cm³/mol. The van der Waals surface area contributed by atoms with Crippen molar-refractivity contribution in [1.82, 2.24) is 0 Å². The summed E-state index contributed by atoms with van der Waals surface area (Å²) >= 11 is 6.13. The van der Waals surface area contributed by atoms with Gasteiger partial charge in [0.25, 0.3) is 7.63 Å². The lowest BCUT2D eigenvalue weighted by Crippen LogP contribution is -2.26. The third kappa shape index (κ3) is 5.27. The Morgan fingerprint density at radius 2 is 2.00 bits per heavy atom. The third-order valence-electron chi connectivity index (χ3n) is 1.42. The number of halogens is 1. The first-order valence-corrected chi connectivity index (χ1v) is 7.58. The summed E-state index contributed by atoms with van der Waals surface area (Å²) in [4.78, 5) is 0. The van der Waals surface area contributed by atoms with Crippen LogP contribution in [0.5, 0.6) is 0 Å². The van der Waals surface area contributed by atoms with Gasteiger partial charge in [0.2, 0.25) is 0 Å². The highest BCUT2D eigenvalue weighted by Crippen LogP contribution is 2.19. The second-order valence-electron chi connectivity index (χ2n) is 2.64. The van der Waals surface area contributed by atoms with E-state index >= 15 is 0 Å². The van der Waals surface area contributed by atoms with E-state index in [0.29, 0.717) is 0 Å². The molecule has 0 bridgehead atoms. The fourth-order valence-electron chi connectivity index (χ4n) is 0.866. The molecule has 3 heteroatoms. The van der Waals surface area contributed by atoms with Crippen molar-refractivity contribution in [2.24, 2.45) is 0 Å². The summed E-state index contributed by atoms with van der Waals surface area (Å²) in [7, 11) is -1.75. The van der Waals surface area contributed by atoms with Gasteiger partial charge in [0, 0.05) is 6.61 Å². The van der Waals surface area contributed by atoms with E-state index < -0.39 is 7.63 Å². The SMILES string of the molecule is CCCC[Si](C)(Cl)OCC. The van der Waals surface area contributed by atoms with Crippen molar-refractivity contribution in [1.29, 1.82) is 0 Å². The van der Waals surface area contributed by atoms with Crippen LogP contribution >= 0.6 is 11.1 Å². The van der Waals surface area contributed by atoms with Gasteiger partial charge in [-0.05, 0) is 19.5 Å². The Kier molecular flexibility index (Phi) is 5.40. The van der Waals surface area contributed by atoms with E-state index in [1.165, 1.54) is 12.8 Å². The van der Waals surface area contributed by atoms with Gasteiger partial charge in [0.05, 0.1) is 0 Å². The Balaban J connectivity index is 3.42. The number of unbranched alkanes of at least 4 members (excludes halogenated alkanes) is 1. The Bertz CT molecular complexity index is 85.7. The summed E-state index contributed by atoms with van der Waals surface area (Å²) in [5, 5.41) is 0. The Labute approximate surface area is 69.6 Å².